The molecule has 2 rings (SSSR count). The molecule has 1 aliphatic heterocycles. The van der Waals surface area contributed by atoms with Crippen molar-refractivity contribution in [1.82, 2.24) is 15.5 Å². The van der Waals surface area contributed by atoms with Crippen LogP contribution in [0.3, 0.4) is 0 Å². The third kappa shape index (κ3) is 6.66. The first-order valence-corrected chi connectivity index (χ1v) is 9.41. The van der Waals surface area contributed by atoms with Crippen molar-refractivity contribution in [3.8, 4) is 0 Å². The van der Waals surface area contributed by atoms with Gasteiger partial charge in [-0.2, -0.15) is 0 Å². The molecule has 2 fully saturated rings. The molecular weight excluding hydrogens is 274 g/mol. The van der Waals surface area contributed by atoms with Gasteiger partial charge >= 0.3 is 0 Å². The lowest BCUT2D eigenvalue weighted by atomic mass is 9.87. The van der Waals surface area contributed by atoms with E-state index >= 15 is 0 Å². The standard InChI is InChI=1S/C18H35N3O/c1-19-11-7-17-9-13-21(14-10-17)15-18(22)20-12-8-16-5-3-2-4-6-16/h16-17,19H,2-15H2,1H3,(H,20,22). The topological polar surface area (TPSA) is 44.4 Å². The molecule has 1 heterocycles. The molecule has 0 aromatic carbocycles. The first kappa shape index (κ1) is 17.7. The molecule has 1 saturated carbocycles. The zero-order valence-corrected chi connectivity index (χ0v) is 14.4. The Morgan fingerprint density at radius 1 is 0.955 bits per heavy atom. The van der Waals surface area contributed by atoms with Gasteiger partial charge in [0.25, 0.3) is 0 Å². The number of piperidine rings is 1. The molecule has 0 aromatic heterocycles. The van der Waals surface area contributed by atoms with Crippen molar-refractivity contribution in [3.63, 3.8) is 0 Å². The van der Waals surface area contributed by atoms with Crippen molar-refractivity contribution in [2.75, 3.05) is 39.8 Å². The lowest BCUT2D eigenvalue weighted by molar-refractivity contribution is -0.122. The summed E-state index contributed by atoms with van der Waals surface area (Å²) in [6.45, 7) is 4.77. The summed E-state index contributed by atoms with van der Waals surface area (Å²) < 4.78 is 0. The number of rotatable bonds is 8. The molecular formula is C18H35N3O. The highest BCUT2D eigenvalue weighted by Crippen LogP contribution is 2.25. The molecule has 0 unspecified atom stereocenters. The maximum Gasteiger partial charge on any atom is 0.234 e. The SMILES string of the molecule is CNCCC1CCN(CC(=O)NCCC2CCCCC2)CC1. The molecule has 0 radical (unpaired) electrons. The number of carbonyl (C=O) groups is 1. The molecule has 0 aromatic rings. The van der Waals surface area contributed by atoms with E-state index in [1.165, 1.54) is 57.8 Å². The van der Waals surface area contributed by atoms with Gasteiger partial charge in [-0.25, -0.2) is 0 Å². The van der Waals surface area contributed by atoms with Crippen molar-refractivity contribution in [2.24, 2.45) is 11.8 Å². The van der Waals surface area contributed by atoms with Gasteiger partial charge in [0.1, 0.15) is 0 Å². The molecule has 4 heteroatoms. The highest BCUT2D eigenvalue weighted by molar-refractivity contribution is 5.77. The number of hydrogen-bond donors (Lipinski definition) is 2. The average Bonchev–Trinajstić information content (AvgIpc) is 2.55. The first-order valence-electron chi connectivity index (χ1n) is 9.41. The van der Waals surface area contributed by atoms with Crippen molar-refractivity contribution in [2.45, 2.75) is 57.8 Å². The number of carbonyl (C=O) groups excluding carboxylic acids is 1. The van der Waals surface area contributed by atoms with Crippen LogP contribution in [0.25, 0.3) is 0 Å². The number of nitrogens with zero attached hydrogens (tertiary/aromatic N) is 1. The van der Waals surface area contributed by atoms with Gasteiger partial charge in [-0.1, -0.05) is 32.1 Å². The molecule has 0 bridgehead atoms. The van der Waals surface area contributed by atoms with Crippen molar-refractivity contribution in [1.29, 1.82) is 0 Å². The highest BCUT2D eigenvalue weighted by atomic mass is 16.2. The van der Waals surface area contributed by atoms with Crippen LogP contribution in [0.2, 0.25) is 0 Å². The minimum atomic E-state index is 0.226. The van der Waals surface area contributed by atoms with Crippen LogP contribution in [-0.2, 0) is 4.79 Å². The second kappa shape index (κ2) is 10.2. The van der Waals surface area contributed by atoms with Crippen LogP contribution < -0.4 is 10.6 Å². The van der Waals surface area contributed by atoms with Gasteiger partial charge in [-0.3, -0.25) is 9.69 Å². The van der Waals surface area contributed by atoms with E-state index in [-0.39, 0.29) is 5.91 Å². The lowest BCUT2D eigenvalue weighted by Gasteiger charge is -2.31. The fourth-order valence-corrected chi connectivity index (χ4v) is 3.93. The average molecular weight is 309 g/mol. The Morgan fingerprint density at radius 2 is 1.59 bits per heavy atom. The van der Waals surface area contributed by atoms with Crippen molar-refractivity contribution in [3.05, 3.63) is 0 Å². The van der Waals surface area contributed by atoms with Gasteiger partial charge in [-0.15, -0.1) is 0 Å². The second-order valence-corrected chi connectivity index (χ2v) is 7.25. The number of nitrogens with one attached hydrogen (secondary N) is 2. The Bertz CT molecular complexity index is 307. The summed E-state index contributed by atoms with van der Waals surface area (Å²) in [4.78, 5) is 14.4. The van der Waals surface area contributed by atoms with E-state index in [1.807, 2.05) is 7.05 Å². The Hall–Kier alpha value is -0.610. The fourth-order valence-electron chi connectivity index (χ4n) is 3.93. The summed E-state index contributed by atoms with van der Waals surface area (Å²) in [5.41, 5.74) is 0. The zero-order chi connectivity index (χ0) is 15.6. The molecule has 1 aliphatic carbocycles. The lowest BCUT2D eigenvalue weighted by Crippen LogP contribution is -2.42. The van der Waals surface area contributed by atoms with Crippen molar-refractivity contribution < 1.29 is 4.79 Å². The second-order valence-electron chi connectivity index (χ2n) is 7.25. The first-order chi connectivity index (χ1) is 10.8. The fraction of sp³-hybridized carbons (Fsp3) is 0.944. The third-order valence-electron chi connectivity index (χ3n) is 5.48. The van der Waals surface area contributed by atoms with E-state index in [4.69, 9.17) is 0 Å². The van der Waals surface area contributed by atoms with E-state index in [2.05, 4.69) is 15.5 Å². The normalized spacial score (nSPS) is 21.9. The number of hydrogen-bond acceptors (Lipinski definition) is 3. The molecule has 2 aliphatic rings. The van der Waals surface area contributed by atoms with Crippen molar-refractivity contribution >= 4 is 5.91 Å². The Morgan fingerprint density at radius 3 is 2.27 bits per heavy atom. The van der Waals surface area contributed by atoms with Crippen LogP contribution in [0.1, 0.15) is 57.8 Å². The molecule has 2 N–H and O–H groups in total. The minimum Gasteiger partial charge on any atom is -0.355 e. The van der Waals surface area contributed by atoms with E-state index in [9.17, 15) is 4.79 Å². The maximum atomic E-state index is 12.0. The van der Waals surface area contributed by atoms with Crippen LogP contribution in [0.15, 0.2) is 0 Å². The minimum absolute atomic E-state index is 0.226. The smallest absolute Gasteiger partial charge is 0.234 e. The number of likely N-dealkylation sites (tertiary alicyclic amines) is 1. The summed E-state index contributed by atoms with van der Waals surface area (Å²) in [6, 6.07) is 0. The van der Waals surface area contributed by atoms with E-state index < -0.39 is 0 Å². The highest BCUT2D eigenvalue weighted by Gasteiger charge is 2.20. The monoisotopic (exact) mass is 309 g/mol. The van der Waals surface area contributed by atoms with Gasteiger partial charge in [-0.05, 0) is 64.2 Å². The summed E-state index contributed by atoms with van der Waals surface area (Å²) in [5, 5.41) is 6.36. The largest absolute Gasteiger partial charge is 0.355 e. The summed E-state index contributed by atoms with van der Waals surface area (Å²) in [7, 11) is 2.02. The van der Waals surface area contributed by atoms with Crippen LogP contribution in [-0.4, -0.2) is 50.6 Å². The summed E-state index contributed by atoms with van der Waals surface area (Å²) >= 11 is 0. The molecule has 22 heavy (non-hydrogen) atoms. The Labute approximate surface area is 136 Å². The molecule has 1 saturated heterocycles. The molecule has 1 amide bonds. The third-order valence-corrected chi connectivity index (χ3v) is 5.48. The predicted molar refractivity (Wildman–Crippen MR) is 91.9 cm³/mol. The number of amides is 1. The molecule has 4 nitrogen and oxygen atoms in total. The predicted octanol–water partition coefficient (Wildman–Crippen LogP) is 2.39. The van der Waals surface area contributed by atoms with E-state index in [0.717, 1.165) is 38.0 Å². The zero-order valence-electron chi connectivity index (χ0n) is 14.4. The Balaban J connectivity index is 1.52. The van der Waals surface area contributed by atoms with Gasteiger partial charge in [0, 0.05) is 6.54 Å². The van der Waals surface area contributed by atoms with Crippen LogP contribution >= 0.6 is 0 Å². The van der Waals surface area contributed by atoms with E-state index in [1.54, 1.807) is 0 Å². The van der Waals surface area contributed by atoms with Crippen LogP contribution in [0.4, 0.5) is 0 Å². The maximum absolute atomic E-state index is 12.0. The quantitative estimate of drug-likeness (QED) is 0.723. The molecule has 0 spiro atoms. The van der Waals surface area contributed by atoms with Crippen LogP contribution in [0, 0.1) is 11.8 Å². The van der Waals surface area contributed by atoms with Gasteiger partial charge in [0.2, 0.25) is 5.91 Å². The Kier molecular flexibility index (Phi) is 8.24. The summed E-state index contributed by atoms with van der Waals surface area (Å²) in [5.74, 6) is 1.93. The van der Waals surface area contributed by atoms with Gasteiger partial charge in [0.05, 0.1) is 6.54 Å². The van der Waals surface area contributed by atoms with E-state index in [0.29, 0.717) is 6.54 Å². The molecule has 128 valence electrons. The van der Waals surface area contributed by atoms with Gasteiger partial charge < -0.3 is 10.6 Å². The van der Waals surface area contributed by atoms with Crippen LogP contribution in [0.5, 0.6) is 0 Å². The summed E-state index contributed by atoms with van der Waals surface area (Å²) in [6.07, 6.45) is 11.9. The molecule has 0 atom stereocenters. The van der Waals surface area contributed by atoms with Gasteiger partial charge in [0.15, 0.2) is 0 Å².